The van der Waals surface area contributed by atoms with E-state index in [-0.39, 0.29) is 22.8 Å². The van der Waals surface area contributed by atoms with Gasteiger partial charge in [-0.05, 0) is 25.3 Å². The lowest BCUT2D eigenvalue weighted by Crippen LogP contribution is -2.61. The minimum atomic E-state index is -0.370. The Morgan fingerprint density at radius 1 is 1.34 bits per heavy atom. The number of hydrogen-bond acceptors (Lipinski definition) is 5. The number of fused-ring (bicyclic) bond motifs is 1. The summed E-state index contributed by atoms with van der Waals surface area (Å²) in [5.74, 6) is 0.458. The van der Waals surface area contributed by atoms with Crippen LogP contribution in [0.25, 0.3) is 11.2 Å². The van der Waals surface area contributed by atoms with Gasteiger partial charge in [-0.25, -0.2) is 9.97 Å². The Morgan fingerprint density at radius 2 is 2.07 bits per heavy atom. The lowest BCUT2D eigenvalue weighted by atomic mass is 9.97. The highest BCUT2D eigenvalue weighted by molar-refractivity contribution is 6.04. The molecule has 3 heterocycles. The van der Waals surface area contributed by atoms with Crippen LogP contribution in [-0.4, -0.2) is 63.4 Å². The van der Waals surface area contributed by atoms with Crippen molar-refractivity contribution in [1.82, 2.24) is 25.2 Å². The number of rotatable bonds is 4. The third kappa shape index (κ3) is 4.41. The third-order valence-corrected chi connectivity index (χ3v) is 5.06. The zero-order valence-electron chi connectivity index (χ0n) is 17.9. The highest BCUT2D eigenvalue weighted by atomic mass is 16.2. The molecule has 1 saturated heterocycles. The quantitative estimate of drug-likeness (QED) is 0.771. The molecule has 0 aromatic carbocycles. The molecule has 2 N–H and O–H groups in total. The summed E-state index contributed by atoms with van der Waals surface area (Å²) in [7, 11) is 0. The molecule has 1 aliphatic rings. The largest absolute Gasteiger partial charge is 0.351 e. The first kappa shape index (κ1) is 20.8. The molecule has 0 saturated carbocycles. The Hall–Kier alpha value is -2.90. The van der Waals surface area contributed by atoms with Gasteiger partial charge in [0.05, 0.1) is 17.3 Å². The Labute approximate surface area is 171 Å². The van der Waals surface area contributed by atoms with Crippen molar-refractivity contribution in [2.24, 2.45) is 5.41 Å². The number of carbonyl (C=O) groups excluding carboxylic acids is 2. The number of carbonyl (C=O) groups is 2. The van der Waals surface area contributed by atoms with Crippen molar-refractivity contribution in [3.8, 4) is 0 Å². The van der Waals surface area contributed by atoms with E-state index in [4.69, 9.17) is 4.98 Å². The van der Waals surface area contributed by atoms with Crippen LogP contribution in [0.3, 0.4) is 0 Å². The molecule has 0 aliphatic carbocycles. The van der Waals surface area contributed by atoms with Crippen molar-refractivity contribution < 1.29 is 9.59 Å². The molecule has 156 valence electrons. The van der Waals surface area contributed by atoms with Crippen LogP contribution in [0.4, 0.5) is 5.82 Å². The van der Waals surface area contributed by atoms with Crippen LogP contribution in [-0.2, 0) is 4.79 Å². The van der Waals surface area contributed by atoms with Crippen molar-refractivity contribution in [3.63, 3.8) is 0 Å². The first-order valence-corrected chi connectivity index (χ1v) is 9.83. The normalized spacial score (nSPS) is 16.7. The van der Waals surface area contributed by atoms with E-state index in [9.17, 15) is 9.59 Å². The number of H-pyrrole nitrogens is 1. The molecule has 8 nitrogen and oxygen atoms in total. The van der Waals surface area contributed by atoms with Gasteiger partial charge < -0.3 is 20.1 Å². The molecule has 1 aliphatic heterocycles. The van der Waals surface area contributed by atoms with Gasteiger partial charge >= 0.3 is 0 Å². The molecule has 3 rings (SSSR count). The van der Waals surface area contributed by atoms with Gasteiger partial charge in [0.15, 0.2) is 5.65 Å². The molecule has 29 heavy (non-hydrogen) atoms. The van der Waals surface area contributed by atoms with Crippen LogP contribution in [0.2, 0.25) is 0 Å². The van der Waals surface area contributed by atoms with Gasteiger partial charge in [-0.2, -0.15) is 0 Å². The SMILES string of the molecule is C=CC(=O)N1CCN(c2cnc3[nH]cc(C(=O)NCC(C)(C)C)c3n2)CC1(C)C. The molecule has 0 unspecified atom stereocenters. The van der Waals surface area contributed by atoms with Gasteiger partial charge in [0.25, 0.3) is 5.91 Å². The summed E-state index contributed by atoms with van der Waals surface area (Å²) in [6, 6.07) is 0. The van der Waals surface area contributed by atoms with Crippen molar-refractivity contribution in [3.05, 3.63) is 30.6 Å². The number of piperazine rings is 1. The monoisotopic (exact) mass is 398 g/mol. The van der Waals surface area contributed by atoms with E-state index < -0.39 is 0 Å². The van der Waals surface area contributed by atoms with Crippen molar-refractivity contribution in [2.75, 3.05) is 31.1 Å². The Morgan fingerprint density at radius 3 is 2.69 bits per heavy atom. The lowest BCUT2D eigenvalue weighted by Gasteiger charge is -2.47. The van der Waals surface area contributed by atoms with Gasteiger partial charge in [0.1, 0.15) is 11.3 Å². The van der Waals surface area contributed by atoms with Crippen molar-refractivity contribution in [2.45, 2.75) is 40.2 Å². The average Bonchev–Trinajstić information content (AvgIpc) is 3.07. The zero-order valence-corrected chi connectivity index (χ0v) is 17.9. The second-order valence-corrected chi connectivity index (χ2v) is 9.30. The van der Waals surface area contributed by atoms with Crippen LogP contribution in [0.5, 0.6) is 0 Å². The number of nitrogens with zero attached hydrogens (tertiary/aromatic N) is 4. The van der Waals surface area contributed by atoms with Gasteiger partial charge in [-0.1, -0.05) is 27.4 Å². The molecule has 1 fully saturated rings. The topological polar surface area (TPSA) is 94.2 Å². The van der Waals surface area contributed by atoms with Crippen LogP contribution in [0.15, 0.2) is 25.0 Å². The maximum absolute atomic E-state index is 12.6. The van der Waals surface area contributed by atoms with Crippen LogP contribution < -0.4 is 10.2 Å². The van der Waals surface area contributed by atoms with E-state index in [0.717, 1.165) is 0 Å². The number of aromatic nitrogens is 3. The molecule has 0 atom stereocenters. The van der Waals surface area contributed by atoms with E-state index in [0.29, 0.717) is 48.7 Å². The summed E-state index contributed by atoms with van der Waals surface area (Å²) in [4.78, 5) is 40.9. The van der Waals surface area contributed by atoms with Gasteiger partial charge in [-0.3, -0.25) is 9.59 Å². The maximum Gasteiger partial charge on any atom is 0.255 e. The first-order valence-electron chi connectivity index (χ1n) is 9.83. The van der Waals surface area contributed by atoms with E-state index in [2.05, 4.69) is 47.5 Å². The summed E-state index contributed by atoms with van der Waals surface area (Å²) in [6.45, 7) is 16.2. The number of aromatic amines is 1. The Balaban J connectivity index is 1.84. The zero-order chi connectivity index (χ0) is 21.4. The van der Waals surface area contributed by atoms with Gasteiger partial charge in [0, 0.05) is 32.4 Å². The third-order valence-electron chi connectivity index (χ3n) is 5.06. The van der Waals surface area contributed by atoms with Gasteiger partial charge in [0.2, 0.25) is 5.91 Å². The fraction of sp³-hybridized carbons (Fsp3) is 0.524. The minimum Gasteiger partial charge on any atom is -0.351 e. The molecule has 2 amide bonds. The second kappa shape index (κ2) is 7.50. The highest BCUT2D eigenvalue weighted by Crippen LogP contribution is 2.26. The Kier molecular flexibility index (Phi) is 5.38. The van der Waals surface area contributed by atoms with Crippen molar-refractivity contribution >= 4 is 28.8 Å². The van der Waals surface area contributed by atoms with Crippen LogP contribution in [0.1, 0.15) is 45.0 Å². The molecule has 0 spiro atoms. The number of amides is 2. The number of nitrogens with one attached hydrogen (secondary N) is 2. The smallest absolute Gasteiger partial charge is 0.255 e. The van der Waals surface area contributed by atoms with E-state index in [1.165, 1.54) is 6.08 Å². The number of anilines is 1. The minimum absolute atomic E-state index is 0.00720. The summed E-state index contributed by atoms with van der Waals surface area (Å²) in [5.41, 5.74) is 1.24. The molecule has 2 aromatic heterocycles. The lowest BCUT2D eigenvalue weighted by molar-refractivity contribution is -0.131. The predicted octanol–water partition coefficient (Wildman–Crippen LogP) is 2.35. The Bertz CT molecular complexity index is 940. The highest BCUT2D eigenvalue weighted by Gasteiger charge is 2.36. The average molecular weight is 399 g/mol. The van der Waals surface area contributed by atoms with Crippen LogP contribution >= 0.6 is 0 Å². The fourth-order valence-corrected chi connectivity index (χ4v) is 3.52. The summed E-state index contributed by atoms with van der Waals surface area (Å²) in [5, 5.41) is 2.96. The fourth-order valence-electron chi connectivity index (χ4n) is 3.52. The molecule has 0 radical (unpaired) electrons. The van der Waals surface area contributed by atoms with Crippen molar-refractivity contribution in [1.29, 1.82) is 0 Å². The molecule has 0 bridgehead atoms. The standard InChI is InChI=1S/C21H30N6O2/c1-7-16(28)27-9-8-26(13-21(27,5)6)15-11-23-18-17(25-15)14(10-22-18)19(29)24-12-20(2,3)4/h7,10-11H,1,8-9,12-13H2,2-6H3,(H,22,23)(H,24,29). The summed E-state index contributed by atoms with van der Waals surface area (Å²) >= 11 is 0. The second-order valence-electron chi connectivity index (χ2n) is 9.30. The maximum atomic E-state index is 12.6. The summed E-state index contributed by atoms with van der Waals surface area (Å²) < 4.78 is 0. The van der Waals surface area contributed by atoms with E-state index >= 15 is 0 Å². The summed E-state index contributed by atoms with van der Waals surface area (Å²) in [6.07, 6.45) is 4.71. The predicted molar refractivity (Wildman–Crippen MR) is 114 cm³/mol. The number of hydrogen-bond donors (Lipinski definition) is 2. The van der Waals surface area contributed by atoms with Gasteiger partial charge in [-0.15, -0.1) is 0 Å². The van der Waals surface area contributed by atoms with E-state index in [1.807, 2.05) is 18.7 Å². The molecular weight excluding hydrogens is 368 g/mol. The van der Waals surface area contributed by atoms with E-state index in [1.54, 1.807) is 12.4 Å². The first-order chi connectivity index (χ1) is 13.5. The molecule has 8 heteroatoms. The molecule has 2 aromatic rings. The molecular formula is C21H30N6O2. The van der Waals surface area contributed by atoms with Crippen LogP contribution in [0, 0.1) is 5.41 Å².